The molecule has 0 radical (unpaired) electrons. The zero-order chi connectivity index (χ0) is 19.1. The van der Waals surface area contributed by atoms with E-state index in [1.165, 1.54) is 0 Å². The Labute approximate surface area is 159 Å². The summed E-state index contributed by atoms with van der Waals surface area (Å²) in [4.78, 5) is 27.0. The van der Waals surface area contributed by atoms with Crippen molar-refractivity contribution in [1.29, 1.82) is 0 Å². The molecule has 1 unspecified atom stereocenters. The van der Waals surface area contributed by atoms with Crippen LogP contribution in [0.1, 0.15) is 22.8 Å². The summed E-state index contributed by atoms with van der Waals surface area (Å²) in [6, 6.07) is 16.8. The van der Waals surface area contributed by atoms with E-state index < -0.39 is 0 Å². The number of rotatable bonds is 6. The smallest absolute Gasteiger partial charge is 0.253 e. The van der Waals surface area contributed by atoms with Gasteiger partial charge in [0.25, 0.3) is 5.91 Å². The monoisotopic (exact) mass is 367 g/mol. The van der Waals surface area contributed by atoms with Crippen molar-refractivity contribution in [2.75, 3.05) is 31.6 Å². The molecule has 6 heteroatoms. The van der Waals surface area contributed by atoms with Crippen LogP contribution in [0.5, 0.6) is 0 Å². The molecule has 27 heavy (non-hydrogen) atoms. The van der Waals surface area contributed by atoms with Crippen LogP contribution in [0.25, 0.3) is 0 Å². The molecule has 6 nitrogen and oxygen atoms in total. The van der Waals surface area contributed by atoms with Gasteiger partial charge in [0.15, 0.2) is 0 Å². The summed E-state index contributed by atoms with van der Waals surface area (Å²) >= 11 is 0. The minimum Gasteiger partial charge on any atom is -0.376 e. The molecule has 1 aliphatic rings. The first kappa shape index (κ1) is 19.1. The average molecular weight is 367 g/mol. The van der Waals surface area contributed by atoms with Crippen LogP contribution in [0.15, 0.2) is 54.6 Å². The van der Waals surface area contributed by atoms with Crippen molar-refractivity contribution in [3.63, 3.8) is 0 Å². The summed E-state index contributed by atoms with van der Waals surface area (Å²) in [6.45, 7) is 4.81. The van der Waals surface area contributed by atoms with Crippen molar-refractivity contribution in [3.8, 4) is 0 Å². The lowest BCUT2D eigenvalue weighted by atomic mass is 10.1. The van der Waals surface area contributed by atoms with Gasteiger partial charge in [-0.2, -0.15) is 0 Å². The third kappa shape index (κ3) is 5.64. The number of nitrogens with zero attached hydrogens (tertiary/aromatic N) is 1. The molecule has 1 heterocycles. The second-order valence-corrected chi connectivity index (χ2v) is 6.68. The number of anilines is 1. The maximum absolute atomic E-state index is 12.6. The van der Waals surface area contributed by atoms with Crippen LogP contribution in [0.2, 0.25) is 0 Å². The van der Waals surface area contributed by atoms with Crippen LogP contribution < -0.4 is 10.6 Å². The maximum Gasteiger partial charge on any atom is 0.253 e. The molecule has 0 aliphatic carbocycles. The fraction of sp³-hybridized carbons (Fsp3) is 0.333. The van der Waals surface area contributed by atoms with Crippen LogP contribution in [0.4, 0.5) is 5.69 Å². The standard InChI is InChI=1S/C21H25N3O3/c1-16-14-24(11-12-27-16)15-20(25)23-19-10-6-5-9-18(19)21(26)22-13-17-7-3-2-4-8-17/h2-10,16H,11-15H2,1H3,(H,22,26)(H,23,25). The van der Waals surface area contributed by atoms with E-state index in [1.807, 2.05) is 37.3 Å². The molecule has 1 aliphatic heterocycles. The van der Waals surface area contributed by atoms with Crippen molar-refractivity contribution < 1.29 is 14.3 Å². The first-order chi connectivity index (χ1) is 13.1. The third-order valence-electron chi connectivity index (χ3n) is 4.43. The molecule has 2 aromatic rings. The van der Waals surface area contributed by atoms with Crippen LogP contribution >= 0.6 is 0 Å². The summed E-state index contributed by atoms with van der Waals surface area (Å²) in [5, 5.41) is 5.77. The third-order valence-corrected chi connectivity index (χ3v) is 4.43. The number of benzene rings is 2. The molecule has 3 rings (SSSR count). The molecule has 1 fully saturated rings. The Morgan fingerprint density at radius 1 is 1.11 bits per heavy atom. The van der Waals surface area contributed by atoms with Crippen LogP contribution in [0.3, 0.4) is 0 Å². The molecule has 1 atom stereocenters. The number of carbonyl (C=O) groups excluding carboxylic acids is 2. The second kappa shape index (κ2) is 9.30. The van der Waals surface area contributed by atoms with Gasteiger partial charge in [-0.3, -0.25) is 14.5 Å². The molecule has 0 saturated carbocycles. The number of ether oxygens (including phenoxy) is 1. The predicted molar refractivity (Wildman–Crippen MR) is 105 cm³/mol. The van der Waals surface area contributed by atoms with Crippen molar-refractivity contribution in [3.05, 3.63) is 65.7 Å². The lowest BCUT2D eigenvalue weighted by Crippen LogP contribution is -2.44. The highest BCUT2D eigenvalue weighted by molar-refractivity contribution is 6.04. The van der Waals surface area contributed by atoms with E-state index in [2.05, 4.69) is 15.5 Å². The van der Waals surface area contributed by atoms with Gasteiger partial charge in [-0.1, -0.05) is 42.5 Å². The zero-order valence-corrected chi connectivity index (χ0v) is 15.5. The molecule has 2 N–H and O–H groups in total. The normalized spacial score (nSPS) is 17.3. The molecule has 2 aromatic carbocycles. The number of hydrogen-bond donors (Lipinski definition) is 2. The zero-order valence-electron chi connectivity index (χ0n) is 15.5. The quantitative estimate of drug-likeness (QED) is 0.822. The highest BCUT2D eigenvalue weighted by Gasteiger charge is 2.20. The first-order valence-corrected chi connectivity index (χ1v) is 9.17. The van der Waals surface area contributed by atoms with E-state index >= 15 is 0 Å². The van der Waals surface area contributed by atoms with Gasteiger partial charge in [-0.15, -0.1) is 0 Å². The lowest BCUT2D eigenvalue weighted by molar-refractivity contribution is -0.119. The van der Waals surface area contributed by atoms with Gasteiger partial charge in [-0.05, 0) is 24.6 Å². The Morgan fingerprint density at radius 2 is 1.85 bits per heavy atom. The average Bonchev–Trinajstić information content (AvgIpc) is 2.67. The number of amides is 2. The number of morpholine rings is 1. The first-order valence-electron chi connectivity index (χ1n) is 9.17. The van der Waals surface area contributed by atoms with Crippen molar-refractivity contribution in [1.82, 2.24) is 10.2 Å². The van der Waals surface area contributed by atoms with E-state index in [0.717, 1.165) is 18.7 Å². The Bertz CT molecular complexity index is 779. The van der Waals surface area contributed by atoms with Gasteiger partial charge in [0.2, 0.25) is 5.91 Å². The summed E-state index contributed by atoms with van der Waals surface area (Å²) in [7, 11) is 0. The molecular formula is C21H25N3O3. The summed E-state index contributed by atoms with van der Waals surface area (Å²) < 4.78 is 5.50. The van der Waals surface area contributed by atoms with Crippen molar-refractivity contribution in [2.24, 2.45) is 0 Å². The van der Waals surface area contributed by atoms with Crippen molar-refractivity contribution >= 4 is 17.5 Å². The van der Waals surface area contributed by atoms with E-state index in [9.17, 15) is 9.59 Å². The Hall–Kier alpha value is -2.70. The lowest BCUT2D eigenvalue weighted by Gasteiger charge is -2.30. The predicted octanol–water partition coefficient (Wildman–Crippen LogP) is 2.28. The highest BCUT2D eigenvalue weighted by atomic mass is 16.5. The van der Waals surface area contributed by atoms with Crippen molar-refractivity contribution in [2.45, 2.75) is 19.6 Å². The fourth-order valence-electron chi connectivity index (χ4n) is 3.09. The molecule has 142 valence electrons. The summed E-state index contributed by atoms with van der Waals surface area (Å²) in [5.41, 5.74) is 2.00. The van der Waals surface area contributed by atoms with Gasteiger partial charge in [-0.25, -0.2) is 0 Å². The summed E-state index contributed by atoms with van der Waals surface area (Å²) in [5.74, 6) is -0.345. The molecule has 0 bridgehead atoms. The van der Waals surface area contributed by atoms with Gasteiger partial charge in [0, 0.05) is 19.6 Å². The minimum absolute atomic E-state index is 0.127. The van der Waals surface area contributed by atoms with Gasteiger partial charge >= 0.3 is 0 Å². The second-order valence-electron chi connectivity index (χ2n) is 6.68. The van der Waals surface area contributed by atoms with Gasteiger partial charge in [0.1, 0.15) is 0 Å². The van der Waals surface area contributed by atoms with E-state index in [4.69, 9.17) is 4.74 Å². The van der Waals surface area contributed by atoms with Crippen LogP contribution in [-0.2, 0) is 16.1 Å². The van der Waals surface area contributed by atoms with E-state index in [1.54, 1.807) is 24.3 Å². The maximum atomic E-state index is 12.6. The fourth-order valence-corrected chi connectivity index (χ4v) is 3.09. The Balaban J connectivity index is 1.59. The summed E-state index contributed by atoms with van der Waals surface area (Å²) in [6.07, 6.45) is 0.127. The van der Waals surface area contributed by atoms with Gasteiger partial charge in [0.05, 0.1) is 30.5 Å². The topological polar surface area (TPSA) is 70.7 Å². The number of para-hydroxylation sites is 1. The Morgan fingerprint density at radius 3 is 2.63 bits per heavy atom. The number of carbonyl (C=O) groups is 2. The van der Waals surface area contributed by atoms with Crippen LogP contribution in [0, 0.1) is 0 Å². The molecule has 1 saturated heterocycles. The molecule has 0 spiro atoms. The largest absolute Gasteiger partial charge is 0.376 e. The number of nitrogens with one attached hydrogen (secondary N) is 2. The minimum atomic E-state index is -0.213. The molecule has 2 amide bonds. The SMILES string of the molecule is CC1CN(CC(=O)Nc2ccccc2C(=O)NCc2ccccc2)CCO1. The highest BCUT2D eigenvalue weighted by Crippen LogP contribution is 2.15. The van der Waals surface area contributed by atoms with E-state index in [-0.39, 0.29) is 24.5 Å². The molecular weight excluding hydrogens is 342 g/mol. The number of hydrogen-bond acceptors (Lipinski definition) is 4. The van der Waals surface area contributed by atoms with Crippen LogP contribution in [-0.4, -0.2) is 49.1 Å². The van der Waals surface area contributed by atoms with E-state index in [0.29, 0.717) is 24.4 Å². The molecule has 0 aromatic heterocycles. The van der Waals surface area contributed by atoms with Gasteiger partial charge < -0.3 is 15.4 Å². The Kier molecular flexibility index (Phi) is 6.57.